The Hall–Kier alpha value is -2.17. The zero-order valence-corrected chi connectivity index (χ0v) is 21.3. The highest BCUT2D eigenvalue weighted by Crippen LogP contribution is 2.57. The predicted octanol–water partition coefficient (Wildman–Crippen LogP) is 6.45. The van der Waals surface area contributed by atoms with Gasteiger partial charge in [-0.1, -0.05) is 42.3 Å². The van der Waals surface area contributed by atoms with Crippen LogP contribution in [0, 0.1) is 11.3 Å². The highest BCUT2D eigenvalue weighted by Gasteiger charge is 2.54. The lowest BCUT2D eigenvalue weighted by molar-refractivity contribution is 0.232. The van der Waals surface area contributed by atoms with Crippen LogP contribution in [0.4, 0.5) is 5.82 Å². The van der Waals surface area contributed by atoms with Crippen LogP contribution in [0.3, 0.4) is 0 Å². The molecule has 1 N–H and O–H groups in total. The Labute approximate surface area is 209 Å². The summed E-state index contributed by atoms with van der Waals surface area (Å²) in [6.07, 6.45) is 11.4. The highest BCUT2D eigenvalue weighted by atomic mass is 35.5. The van der Waals surface area contributed by atoms with Crippen molar-refractivity contribution in [1.29, 1.82) is 0 Å². The van der Waals surface area contributed by atoms with Crippen molar-refractivity contribution < 1.29 is 0 Å². The molecule has 4 nitrogen and oxygen atoms in total. The van der Waals surface area contributed by atoms with E-state index in [9.17, 15) is 0 Å². The van der Waals surface area contributed by atoms with Gasteiger partial charge in [0.15, 0.2) is 0 Å². The first-order chi connectivity index (χ1) is 16.5. The fourth-order valence-corrected chi connectivity index (χ4v) is 6.13. The second kappa shape index (κ2) is 10.2. The number of hydrogen-bond donors (Lipinski definition) is 1. The molecule has 2 saturated carbocycles. The van der Waals surface area contributed by atoms with Crippen molar-refractivity contribution >= 4 is 28.3 Å². The zero-order chi connectivity index (χ0) is 23.5. The summed E-state index contributed by atoms with van der Waals surface area (Å²) in [5, 5.41) is 5.80. The van der Waals surface area contributed by atoms with Crippen LogP contribution in [0.5, 0.6) is 0 Å². The second-order valence-corrected chi connectivity index (χ2v) is 11.1. The van der Waals surface area contributed by atoms with Gasteiger partial charge in [0.2, 0.25) is 0 Å². The van der Waals surface area contributed by atoms with Crippen LogP contribution in [0.1, 0.15) is 56.3 Å². The molecule has 0 saturated heterocycles. The van der Waals surface area contributed by atoms with E-state index in [0.29, 0.717) is 5.41 Å². The van der Waals surface area contributed by atoms with Crippen molar-refractivity contribution in [2.45, 2.75) is 63.8 Å². The lowest BCUT2D eigenvalue weighted by Gasteiger charge is -2.29. The monoisotopic (exact) mass is 476 g/mol. The number of para-hydroxylation sites is 1. The number of aryl methyl sites for hydroxylation is 1. The van der Waals surface area contributed by atoms with Gasteiger partial charge < -0.3 is 10.2 Å². The third kappa shape index (κ3) is 5.39. The molecule has 1 atom stereocenters. The molecule has 3 aromatic rings. The average Bonchev–Trinajstić information content (AvgIpc) is 3.51. The Kier molecular flexibility index (Phi) is 7.08. The van der Waals surface area contributed by atoms with Crippen molar-refractivity contribution in [2.75, 3.05) is 25.5 Å². The van der Waals surface area contributed by atoms with Crippen LogP contribution in [0.15, 0.2) is 48.5 Å². The number of halogens is 1. The number of rotatable bonds is 9. The summed E-state index contributed by atoms with van der Waals surface area (Å²) < 4.78 is 0. The molecule has 2 aliphatic rings. The maximum atomic E-state index is 6.11. The quantitative estimate of drug-likeness (QED) is 0.385. The smallest absolute Gasteiger partial charge is 0.139 e. The minimum atomic E-state index is 0.590. The van der Waals surface area contributed by atoms with Gasteiger partial charge in [0.1, 0.15) is 11.6 Å². The summed E-state index contributed by atoms with van der Waals surface area (Å²) in [7, 11) is 4.13. The van der Waals surface area contributed by atoms with Gasteiger partial charge >= 0.3 is 0 Å². The van der Waals surface area contributed by atoms with E-state index in [4.69, 9.17) is 21.6 Å². The predicted molar refractivity (Wildman–Crippen MR) is 143 cm³/mol. The summed E-state index contributed by atoms with van der Waals surface area (Å²) in [5.74, 6) is 2.88. The molecule has 34 heavy (non-hydrogen) atoms. The number of anilines is 1. The maximum Gasteiger partial charge on any atom is 0.139 e. The lowest BCUT2D eigenvalue weighted by atomic mass is 9.77. The Bertz CT molecular complexity index is 1120. The average molecular weight is 477 g/mol. The molecule has 0 bridgehead atoms. The number of benzene rings is 2. The first-order valence-electron chi connectivity index (χ1n) is 12.9. The second-order valence-electron chi connectivity index (χ2n) is 10.7. The molecule has 5 heteroatoms. The first-order valence-corrected chi connectivity index (χ1v) is 13.3. The van der Waals surface area contributed by atoms with Crippen LogP contribution in [-0.4, -0.2) is 36.6 Å². The largest absolute Gasteiger partial charge is 0.362 e. The first kappa shape index (κ1) is 23.6. The number of aromatic nitrogens is 2. The van der Waals surface area contributed by atoms with E-state index in [1.165, 1.54) is 50.5 Å². The molecule has 1 spiro atoms. The lowest BCUT2D eigenvalue weighted by Crippen LogP contribution is -2.28. The molecule has 1 aromatic heterocycles. The Morgan fingerprint density at radius 2 is 1.85 bits per heavy atom. The topological polar surface area (TPSA) is 41.1 Å². The number of fused-ring (bicyclic) bond motifs is 1. The molecule has 1 heterocycles. The fourth-order valence-electron chi connectivity index (χ4n) is 5.92. The molecular weight excluding hydrogens is 440 g/mol. The van der Waals surface area contributed by atoms with Crippen molar-refractivity contribution in [3.63, 3.8) is 0 Å². The van der Waals surface area contributed by atoms with E-state index in [1.807, 2.05) is 12.1 Å². The molecule has 0 aliphatic heterocycles. The van der Waals surface area contributed by atoms with E-state index in [1.54, 1.807) is 0 Å². The SMILES string of the molecule is CN(C)c1nc(CCCC2CCC3(CC2)CC3NCCc2cccc(Cl)c2)nc2ccccc12. The van der Waals surface area contributed by atoms with Crippen molar-refractivity contribution in [2.24, 2.45) is 11.3 Å². The van der Waals surface area contributed by atoms with Crippen LogP contribution < -0.4 is 10.2 Å². The van der Waals surface area contributed by atoms with Crippen LogP contribution in [0.2, 0.25) is 5.02 Å². The normalized spacial score (nSPS) is 24.0. The van der Waals surface area contributed by atoms with E-state index >= 15 is 0 Å². The molecule has 1 unspecified atom stereocenters. The third-order valence-electron chi connectivity index (χ3n) is 8.05. The molecule has 0 radical (unpaired) electrons. The maximum absolute atomic E-state index is 6.11. The van der Waals surface area contributed by atoms with Gasteiger partial charge in [0.05, 0.1) is 5.52 Å². The van der Waals surface area contributed by atoms with Crippen molar-refractivity contribution in [3.8, 4) is 0 Å². The molecule has 2 aliphatic carbocycles. The number of nitrogens with zero attached hydrogens (tertiary/aromatic N) is 3. The van der Waals surface area contributed by atoms with Gasteiger partial charge in [-0.3, -0.25) is 0 Å². The number of nitrogens with one attached hydrogen (secondary N) is 1. The van der Waals surface area contributed by atoms with E-state index in [0.717, 1.165) is 58.9 Å². The fraction of sp³-hybridized carbons (Fsp3) is 0.517. The van der Waals surface area contributed by atoms with Gasteiger partial charge in [0.25, 0.3) is 0 Å². The Morgan fingerprint density at radius 3 is 2.65 bits per heavy atom. The number of hydrogen-bond acceptors (Lipinski definition) is 4. The third-order valence-corrected chi connectivity index (χ3v) is 8.28. The minimum Gasteiger partial charge on any atom is -0.362 e. The van der Waals surface area contributed by atoms with Gasteiger partial charge in [-0.05, 0) is 92.7 Å². The van der Waals surface area contributed by atoms with Gasteiger partial charge in [-0.15, -0.1) is 0 Å². The van der Waals surface area contributed by atoms with Crippen LogP contribution in [-0.2, 0) is 12.8 Å². The molecule has 2 fully saturated rings. The molecule has 5 rings (SSSR count). The van der Waals surface area contributed by atoms with Crippen LogP contribution in [0.25, 0.3) is 10.9 Å². The summed E-state index contributed by atoms with van der Waals surface area (Å²) in [4.78, 5) is 11.8. The molecular formula is C29H37ClN4. The van der Waals surface area contributed by atoms with Crippen molar-refractivity contribution in [1.82, 2.24) is 15.3 Å². The summed E-state index contributed by atoms with van der Waals surface area (Å²) in [6, 6.07) is 17.3. The summed E-state index contributed by atoms with van der Waals surface area (Å²) in [6.45, 7) is 1.05. The summed E-state index contributed by atoms with van der Waals surface area (Å²) >= 11 is 6.11. The minimum absolute atomic E-state index is 0.590. The highest BCUT2D eigenvalue weighted by molar-refractivity contribution is 6.30. The van der Waals surface area contributed by atoms with Crippen LogP contribution >= 0.6 is 11.6 Å². The van der Waals surface area contributed by atoms with Gasteiger partial charge in [0, 0.05) is 37.0 Å². The Balaban J connectivity index is 1.05. The van der Waals surface area contributed by atoms with Crippen molar-refractivity contribution in [3.05, 3.63) is 64.9 Å². The molecule has 180 valence electrons. The van der Waals surface area contributed by atoms with E-state index < -0.39 is 0 Å². The Morgan fingerprint density at radius 1 is 1.03 bits per heavy atom. The standard InChI is InChI=1S/C29H37ClN4/c1-34(2)28-24-10-3-4-11-25(24)32-27(33-28)12-6-7-21-13-16-29(17-14-21)20-26(29)31-18-15-22-8-5-9-23(30)19-22/h3-5,8-11,19,21,26,31H,6-7,12-18,20H2,1-2H3. The van der Waals surface area contributed by atoms with Gasteiger partial charge in [-0.25, -0.2) is 9.97 Å². The van der Waals surface area contributed by atoms with E-state index in [-0.39, 0.29) is 0 Å². The summed E-state index contributed by atoms with van der Waals surface area (Å²) in [5.41, 5.74) is 2.97. The van der Waals surface area contributed by atoms with Gasteiger partial charge in [-0.2, -0.15) is 0 Å². The zero-order valence-electron chi connectivity index (χ0n) is 20.6. The molecule has 0 amide bonds. The van der Waals surface area contributed by atoms with E-state index in [2.05, 4.69) is 60.7 Å². The molecule has 2 aromatic carbocycles.